The van der Waals surface area contributed by atoms with Gasteiger partial charge in [0.05, 0.1) is 6.04 Å². The maximum Gasteiger partial charge on any atom is 0.223 e. The number of rotatable bonds is 6. The van der Waals surface area contributed by atoms with Crippen LogP contribution in [0.1, 0.15) is 57.6 Å². The predicted molar refractivity (Wildman–Crippen MR) is 85.1 cm³/mol. The normalized spacial score (nSPS) is 22.3. The van der Waals surface area contributed by atoms with Crippen molar-refractivity contribution in [1.82, 2.24) is 4.90 Å². The molecule has 1 amide bonds. The van der Waals surface area contributed by atoms with Crippen molar-refractivity contribution in [3.05, 3.63) is 35.9 Å². The molecule has 0 bridgehead atoms. The van der Waals surface area contributed by atoms with Crippen LogP contribution in [0.25, 0.3) is 0 Å². The molecule has 2 atom stereocenters. The summed E-state index contributed by atoms with van der Waals surface area (Å²) < 4.78 is 5.34. The number of amides is 1. The lowest BCUT2D eigenvalue weighted by molar-refractivity contribution is -0.138. The van der Waals surface area contributed by atoms with Crippen molar-refractivity contribution in [3.63, 3.8) is 0 Å². The van der Waals surface area contributed by atoms with Crippen LogP contribution in [0.4, 0.5) is 0 Å². The van der Waals surface area contributed by atoms with E-state index in [1.165, 1.54) is 12.0 Å². The second kappa shape index (κ2) is 8.18. The molecule has 116 valence electrons. The Morgan fingerprint density at radius 1 is 1.29 bits per heavy atom. The molecule has 3 nitrogen and oxygen atoms in total. The van der Waals surface area contributed by atoms with E-state index >= 15 is 0 Å². The SMILES string of the molecule is CCOCCCC(=O)N1[C@@H](c2ccccc2)CCC[C@@H]1C. The van der Waals surface area contributed by atoms with Crippen molar-refractivity contribution in [2.75, 3.05) is 13.2 Å². The molecular weight excluding hydrogens is 262 g/mol. The van der Waals surface area contributed by atoms with Crippen LogP contribution < -0.4 is 0 Å². The summed E-state index contributed by atoms with van der Waals surface area (Å²) in [5.74, 6) is 0.274. The average molecular weight is 289 g/mol. The Morgan fingerprint density at radius 3 is 2.76 bits per heavy atom. The molecule has 0 aromatic heterocycles. The minimum absolute atomic E-state index is 0.245. The van der Waals surface area contributed by atoms with Gasteiger partial charge in [0.15, 0.2) is 0 Å². The minimum atomic E-state index is 0.245. The van der Waals surface area contributed by atoms with Crippen LogP contribution in [0.3, 0.4) is 0 Å². The van der Waals surface area contributed by atoms with Gasteiger partial charge in [-0.05, 0) is 45.1 Å². The Morgan fingerprint density at radius 2 is 2.05 bits per heavy atom. The van der Waals surface area contributed by atoms with E-state index in [1.807, 2.05) is 13.0 Å². The van der Waals surface area contributed by atoms with E-state index in [0.717, 1.165) is 25.9 Å². The molecule has 1 aromatic rings. The van der Waals surface area contributed by atoms with Gasteiger partial charge < -0.3 is 9.64 Å². The molecule has 21 heavy (non-hydrogen) atoms. The van der Waals surface area contributed by atoms with Crippen LogP contribution in [-0.2, 0) is 9.53 Å². The monoisotopic (exact) mass is 289 g/mol. The fraction of sp³-hybridized carbons (Fsp3) is 0.611. The Kier molecular flexibility index (Phi) is 6.24. The molecule has 3 heteroatoms. The molecule has 1 aliphatic heterocycles. The largest absolute Gasteiger partial charge is 0.382 e. The number of carbonyl (C=O) groups excluding carboxylic acids is 1. The van der Waals surface area contributed by atoms with Gasteiger partial charge in [0, 0.05) is 25.7 Å². The van der Waals surface area contributed by atoms with Gasteiger partial charge >= 0.3 is 0 Å². The fourth-order valence-electron chi connectivity index (χ4n) is 3.21. The maximum absolute atomic E-state index is 12.6. The molecule has 1 saturated heterocycles. The molecule has 0 radical (unpaired) electrons. The zero-order valence-electron chi connectivity index (χ0n) is 13.3. The molecule has 1 fully saturated rings. The number of benzene rings is 1. The van der Waals surface area contributed by atoms with Gasteiger partial charge in [0.1, 0.15) is 0 Å². The molecular formula is C18H27NO2. The molecule has 0 aliphatic carbocycles. The molecule has 2 rings (SSSR count). The molecule has 1 heterocycles. The zero-order chi connectivity index (χ0) is 15.1. The van der Waals surface area contributed by atoms with Crippen molar-refractivity contribution in [3.8, 4) is 0 Å². The summed E-state index contributed by atoms with van der Waals surface area (Å²) in [7, 11) is 0. The number of nitrogens with zero attached hydrogens (tertiary/aromatic N) is 1. The third kappa shape index (κ3) is 4.31. The van der Waals surface area contributed by atoms with Crippen molar-refractivity contribution in [2.24, 2.45) is 0 Å². The lowest BCUT2D eigenvalue weighted by Gasteiger charge is -2.41. The lowest BCUT2D eigenvalue weighted by atomic mass is 9.91. The summed E-state index contributed by atoms with van der Waals surface area (Å²) in [5, 5.41) is 0. The third-order valence-corrected chi connectivity index (χ3v) is 4.27. The minimum Gasteiger partial charge on any atom is -0.382 e. The Hall–Kier alpha value is -1.35. The summed E-state index contributed by atoms with van der Waals surface area (Å²) in [4.78, 5) is 14.7. The first-order valence-electron chi connectivity index (χ1n) is 8.18. The second-order valence-electron chi connectivity index (χ2n) is 5.81. The molecule has 0 N–H and O–H groups in total. The van der Waals surface area contributed by atoms with Crippen molar-refractivity contribution < 1.29 is 9.53 Å². The van der Waals surface area contributed by atoms with Gasteiger partial charge in [-0.2, -0.15) is 0 Å². The summed E-state index contributed by atoms with van der Waals surface area (Å²) in [6.07, 6.45) is 4.79. The summed E-state index contributed by atoms with van der Waals surface area (Å²) in [6.45, 7) is 5.57. The highest BCUT2D eigenvalue weighted by Gasteiger charge is 2.32. The van der Waals surface area contributed by atoms with Gasteiger partial charge in [-0.15, -0.1) is 0 Å². The first-order valence-corrected chi connectivity index (χ1v) is 8.18. The second-order valence-corrected chi connectivity index (χ2v) is 5.81. The van der Waals surface area contributed by atoms with Crippen molar-refractivity contribution in [1.29, 1.82) is 0 Å². The van der Waals surface area contributed by atoms with Crippen LogP contribution in [0.2, 0.25) is 0 Å². The van der Waals surface area contributed by atoms with Gasteiger partial charge in [-0.3, -0.25) is 4.79 Å². The highest BCUT2D eigenvalue weighted by atomic mass is 16.5. The molecule has 0 spiro atoms. The molecule has 0 unspecified atom stereocenters. The van der Waals surface area contributed by atoms with Crippen molar-refractivity contribution in [2.45, 2.75) is 58.0 Å². The van der Waals surface area contributed by atoms with E-state index in [0.29, 0.717) is 19.1 Å². The Bertz CT molecular complexity index is 432. The Labute approximate surface area is 128 Å². The van der Waals surface area contributed by atoms with Gasteiger partial charge in [-0.1, -0.05) is 30.3 Å². The molecule has 1 aliphatic rings. The standard InChI is InChI=1S/C18H27NO2/c1-3-21-14-8-13-18(20)19-15(2)9-7-12-17(19)16-10-5-4-6-11-16/h4-6,10-11,15,17H,3,7-9,12-14H2,1-2H3/t15-,17+/m0/s1. The van der Waals surface area contributed by atoms with Crippen LogP contribution >= 0.6 is 0 Å². The lowest BCUT2D eigenvalue weighted by Crippen LogP contribution is -2.44. The Balaban J connectivity index is 2.03. The number of ether oxygens (including phenoxy) is 1. The topological polar surface area (TPSA) is 29.5 Å². The zero-order valence-corrected chi connectivity index (χ0v) is 13.3. The smallest absolute Gasteiger partial charge is 0.223 e. The van der Waals surface area contributed by atoms with Gasteiger partial charge in [0.25, 0.3) is 0 Å². The predicted octanol–water partition coefficient (Wildman–Crippen LogP) is 3.95. The van der Waals surface area contributed by atoms with Crippen LogP contribution in [-0.4, -0.2) is 30.1 Å². The van der Waals surface area contributed by atoms with E-state index in [9.17, 15) is 4.79 Å². The number of carbonyl (C=O) groups is 1. The summed E-state index contributed by atoms with van der Waals surface area (Å²) in [6, 6.07) is 11.0. The molecule has 0 saturated carbocycles. The average Bonchev–Trinajstić information content (AvgIpc) is 2.52. The quantitative estimate of drug-likeness (QED) is 0.742. The van der Waals surface area contributed by atoms with E-state index in [2.05, 4.69) is 36.1 Å². The van der Waals surface area contributed by atoms with Gasteiger partial charge in [0.2, 0.25) is 5.91 Å². The fourth-order valence-corrected chi connectivity index (χ4v) is 3.21. The highest BCUT2D eigenvalue weighted by molar-refractivity contribution is 5.77. The molecule has 1 aromatic carbocycles. The van der Waals surface area contributed by atoms with Crippen LogP contribution in [0.15, 0.2) is 30.3 Å². The van der Waals surface area contributed by atoms with Crippen molar-refractivity contribution >= 4 is 5.91 Å². The number of likely N-dealkylation sites (tertiary alicyclic amines) is 1. The van der Waals surface area contributed by atoms with E-state index in [1.54, 1.807) is 0 Å². The third-order valence-electron chi connectivity index (χ3n) is 4.27. The first-order chi connectivity index (χ1) is 10.2. The first kappa shape index (κ1) is 16.0. The van der Waals surface area contributed by atoms with E-state index in [-0.39, 0.29) is 11.9 Å². The van der Waals surface area contributed by atoms with E-state index in [4.69, 9.17) is 4.74 Å². The summed E-state index contributed by atoms with van der Waals surface area (Å²) in [5.41, 5.74) is 1.27. The maximum atomic E-state index is 12.6. The highest BCUT2D eigenvalue weighted by Crippen LogP contribution is 2.34. The van der Waals surface area contributed by atoms with Crippen LogP contribution in [0, 0.1) is 0 Å². The number of hydrogen-bond acceptors (Lipinski definition) is 2. The van der Waals surface area contributed by atoms with Gasteiger partial charge in [-0.25, -0.2) is 0 Å². The van der Waals surface area contributed by atoms with E-state index < -0.39 is 0 Å². The van der Waals surface area contributed by atoms with Crippen LogP contribution in [0.5, 0.6) is 0 Å². The number of piperidine rings is 1. The summed E-state index contributed by atoms with van der Waals surface area (Å²) >= 11 is 0. The number of hydrogen-bond donors (Lipinski definition) is 0.